The molecule has 0 spiro atoms. The molecule has 0 aliphatic carbocycles. The highest BCUT2D eigenvalue weighted by atomic mass is 32.2. The first kappa shape index (κ1) is 16.4. The van der Waals surface area contributed by atoms with Crippen LogP contribution in [-0.2, 0) is 4.79 Å². The number of aromatic nitrogens is 2. The zero-order valence-corrected chi connectivity index (χ0v) is 14.3. The maximum atomic E-state index is 11.9. The lowest BCUT2D eigenvalue weighted by molar-refractivity contribution is -0.118. The second-order valence-electron chi connectivity index (χ2n) is 5.34. The number of thioether (sulfide) groups is 1. The lowest BCUT2D eigenvalue weighted by atomic mass is 10.2. The number of nitrogens with one attached hydrogen (secondary N) is 1. The van der Waals surface area contributed by atoms with Gasteiger partial charge in [0, 0.05) is 6.20 Å². The van der Waals surface area contributed by atoms with Gasteiger partial charge in [0.05, 0.1) is 24.0 Å². The second kappa shape index (κ2) is 7.88. The average molecular weight is 341 g/mol. The Morgan fingerprint density at radius 3 is 3.08 bits per heavy atom. The van der Waals surface area contributed by atoms with Crippen LogP contribution in [0.3, 0.4) is 0 Å². The van der Waals surface area contributed by atoms with Crippen molar-refractivity contribution in [3.05, 3.63) is 60.4 Å². The number of carbonyl (C=O) groups excluding carboxylic acids is 1. The van der Waals surface area contributed by atoms with E-state index in [1.807, 2.05) is 60.0 Å². The monoisotopic (exact) mass is 341 g/mol. The quantitative estimate of drug-likeness (QED) is 0.530. The van der Waals surface area contributed by atoms with E-state index in [1.54, 1.807) is 6.20 Å². The Kier molecular flexibility index (Phi) is 5.38. The molecule has 2 aromatic heterocycles. The van der Waals surface area contributed by atoms with Gasteiger partial charge in [0.1, 0.15) is 12.4 Å². The number of fused-ring (bicyclic) bond motifs is 1. The number of nitrogens with zero attached hydrogens (tertiary/aromatic N) is 2. The van der Waals surface area contributed by atoms with Crippen molar-refractivity contribution in [2.45, 2.75) is 12.1 Å². The fourth-order valence-electron chi connectivity index (χ4n) is 2.27. The summed E-state index contributed by atoms with van der Waals surface area (Å²) in [6.45, 7) is 2.95. The van der Waals surface area contributed by atoms with Crippen LogP contribution >= 0.6 is 11.8 Å². The van der Waals surface area contributed by atoms with Crippen LogP contribution in [0.2, 0.25) is 0 Å². The van der Waals surface area contributed by atoms with Gasteiger partial charge in [0.25, 0.3) is 0 Å². The highest BCUT2D eigenvalue weighted by molar-refractivity contribution is 7.99. The van der Waals surface area contributed by atoms with Crippen molar-refractivity contribution >= 4 is 23.2 Å². The van der Waals surface area contributed by atoms with E-state index < -0.39 is 0 Å². The minimum Gasteiger partial charge on any atom is -0.492 e. The molecule has 0 saturated carbocycles. The van der Waals surface area contributed by atoms with Gasteiger partial charge in [-0.1, -0.05) is 30.0 Å². The molecule has 0 atom stereocenters. The number of aryl methyl sites for hydroxylation is 1. The second-order valence-corrected chi connectivity index (χ2v) is 6.28. The van der Waals surface area contributed by atoms with Crippen LogP contribution in [0, 0.1) is 6.92 Å². The third kappa shape index (κ3) is 4.29. The van der Waals surface area contributed by atoms with Gasteiger partial charge >= 0.3 is 0 Å². The van der Waals surface area contributed by atoms with E-state index in [0.717, 1.165) is 22.0 Å². The van der Waals surface area contributed by atoms with Crippen molar-refractivity contribution in [2.24, 2.45) is 0 Å². The number of imidazole rings is 1. The molecule has 24 heavy (non-hydrogen) atoms. The normalized spacial score (nSPS) is 10.7. The smallest absolute Gasteiger partial charge is 0.230 e. The molecule has 3 rings (SSSR count). The van der Waals surface area contributed by atoms with Crippen LogP contribution in [0.5, 0.6) is 5.75 Å². The SMILES string of the molecule is Cc1cccc(OCCNC(=O)CSc2ncc3ccccn23)c1. The Balaban J connectivity index is 1.40. The molecule has 0 radical (unpaired) electrons. The van der Waals surface area contributed by atoms with Gasteiger partial charge in [-0.05, 0) is 36.8 Å². The molecule has 1 N–H and O–H groups in total. The first-order valence-electron chi connectivity index (χ1n) is 7.73. The van der Waals surface area contributed by atoms with Crippen molar-refractivity contribution in [1.29, 1.82) is 0 Å². The fraction of sp³-hybridized carbons (Fsp3) is 0.222. The lowest BCUT2D eigenvalue weighted by Crippen LogP contribution is -2.29. The van der Waals surface area contributed by atoms with Gasteiger partial charge < -0.3 is 10.1 Å². The summed E-state index contributed by atoms with van der Waals surface area (Å²) in [4.78, 5) is 16.2. The molecule has 5 nitrogen and oxygen atoms in total. The lowest BCUT2D eigenvalue weighted by Gasteiger charge is -2.08. The minimum atomic E-state index is -0.0273. The molecule has 0 unspecified atom stereocenters. The Labute approximate surface area is 145 Å². The number of pyridine rings is 1. The fourth-order valence-corrected chi connectivity index (χ4v) is 3.07. The van der Waals surface area contributed by atoms with E-state index in [9.17, 15) is 4.79 Å². The summed E-state index contributed by atoms with van der Waals surface area (Å²) < 4.78 is 7.58. The molecule has 0 aliphatic rings. The number of ether oxygens (including phenoxy) is 1. The highest BCUT2D eigenvalue weighted by Crippen LogP contribution is 2.17. The molecule has 124 valence electrons. The molecule has 1 aromatic carbocycles. The summed E-state index contributed by atoms with van der Waals surface area (Å²) in [6, 6.07) is 13.8. The van der Waals surface area contributed by atoms with Gasteiger partial charge in [-0.15, -0.1) is 0 Å². The molecular formula is C18H19N3O2S. The van der Waals surface area contributed by atoms with E-state index in [0.29, 0.717) is 18.9 Å². The summed E-state index contributed by atoms with van der Waals surface area (Å²) in [5, 5.41) is 3.67. The molecule has 1 amide bonds. The summed E-state index contributed by atoms with van der Waals surface area (Å²) in [6.07, 6.45) is 3.74. The Morgan fingerprint density at radius 2 is 2.21 bits per heavy atom. The predicted molar refractivity (Wildman–Crippen MR) is 95.6 cm³/mol. The molecule has 3 aromatic rings. The van der Waals surface area contributed by atoms with Gasteiger partial charge in [0.2, 0.25) is 5.91 Å². The molecule has 6 heteroatoms. The Hall–Kier alpha value is -2.47. The standard InChI is InChI=1S/C18H19N3O2S/c1-14-5-4-7-16(11-14)23-10-8-19-17(22)13-24-18-20-12-15-6-2-3-9-21(15)18/h2-7,9,11-12H,8,10,13H2,1H3,(H,19,22). The van der Waals surface area contributed by atoms with E-state index in [1.165, 1.54) is 11.8 Å². The van der Waals surface area contributed by atoms with Crippen LogP contribution in [0.1, 0.15) is 5.56 Å². The van der Waals surface area contributed by atoms with Gasteiger partial charge in [-0.2, -0.15) is 0 Å². The minimum absolute atomic E-state index is 0.0273. The van der Waals surface area contributed by atoms with Crippen molar-refractivity contribution in [3.63, 3.8) is 0 Å². The molecule has 2 heterocycles. The molecule has 0 aliphatic heterocycles. The Bertz CT molecular complexity index is 832. The largest absolute Gasteiger partial charge is 0.492 e. The summed E-state index contributed by atoms with van der Waals surface area (Å²) >= 11 is 1.42. The van der Waals surface area contributed by atoms with E-state index in [2.05, 4.69) is 10.3 Å². The maximum Gasteiger partial charge on any atom is 0.230 e. The van der Waals surface area contributed by atoms with Gasteiger partial charge in [-0.3, -0.25) is 9.20 Å². The number of rotatable bonds is 7. The Morgan fingerprint density at radius 1 is 1.29 bits per heavy atom. The first-order valence-corrected chi connectivity index (χ1v) is 8.72. The van der Waals surface area contributed by atoms with Crippen molar-refractivity contribution in [2.75, 3.05) is 18.9 Å². The number of benzene rings is 1. The molecule has 0 saturated heterocycles. The highest BCUT2D eigenvalue weighted by Gasteiger charge is 2.07. The summed E-state index contributed by atoms with van der Waals surface area (Å²) in [5.41, 5.74) is 2.17. The maximum absolute atomic E-state index is 11.9. The van der Waals surface area contributed by atoms with Crippen LogP contribution in [0.15, 0.2) is 60.0 Å². The van der Waals surface area contributed by atoms with Gasteiger partial charge in [-0.25, -0.2) is 4.98 Å². The van der Waals surface area contributed by atoms with Crippen LogP contribution < -0.4 is 10.1 Å². The molecule has 0 fully saturated rings. The molecule has 0 bridgehead atoms. The van der Waals surface area contributed by atoms with Crippen molar-refractivity contribution in [3.8, 4) is 5.75 Å². The van der Waals surface area contributed by atoms with Crippen LogP contribution in [0.25, 0.3) is 5.52 Å². The van der Waals surface area contributed by atoms with E-state index >= 15 is 0 Å². The number of hydrogen-bond donors (Lipinski definition) is 1. The van der Waals surface area contributed by atoms with Crippen molar-refractivity contribution in [1.82, 2.24) is 14.7 Å². The summed E-state index contributed by atoms with van der Waals surface area (Å²) in [7, 11) is 0. The zero-order chi connectivity index (χ0) is 16.8. The third-order valence-electron chi connectivity index (χ3n) is 3.42. The summed E-state index contributed by atoms with van der Waals surface area (Å²) in [5.74, 6) is 1.13. The average Bonchev–Trinajstić information content (AvgIpc) is 3.00. The topological polar surface area (TPSA) is 55.6 Å². The van der Waals surface area contributed by atoms with Gasteiger partial charge in [0.15, 0.2) is 5.16 Å². The number of amides is 1. The van der Waals surface area contributed by atoms with E-state index in [4.69, 9.17) is 4.74 Å². The van der Waals surface area contributed by atoms with Crippen LogP contribution in [-0.4, -0.2) is 34.2 Å². The third-order valence-corrected chi connectivity index (χ3v) is 4.39. The predicted octanol–water partition coefficient (Wildman–Crippen LogP) is 2.93. The first-order chi connectivity index (χ1) is 11.7. The van der Waals surface area contributed by atoms with Crippen LogP contribution in [0.4, 0.5) is 0 Å². The number of hydrogen-bond acceptors (Lipinski definition) is 4. The molecular weight excluding hydrogens is 322 g/mol. The zero-order valence-electron chi connectivity index (χ0n) is 13.4. The number of carbonyl (C=O) groups is 1. The van der Waals surface area contributed by atoms with Crippen molar-refractivity contribution < 1.29 is 9.53 Å². The van der Waals surface area contributed by atoms with E-state index in [-0.39, 0.29) is 5.91 Å².